The summed E-state index contributed by atoms with van der Waals surface area (Å²) in [5.74, 6) is 0.278. The van der Waals surface area contributed by atoms with Crippen LogP contribution >= 0.6 is 0 Å². The molecule has 5 nitrogen and oxygen atoms in total. The second-order valence-electron chi connectivity index (χ2n) is 3.94. The molecular weight excluding hydrogens is 230 g/mol. The molecule has 2 aromatic heterocycles. The van der Waals surface area contributed by atoms with Crippen molar-refractivity contribution in [3.05, 3.63) is 48.9 Å². The smallest absolute Gasteiger partial charge is 0.344 e. The Bertz CT molecular complexity index is 555. The molecule has 0 spiro atoms. The number of hydrogen-bond acceptors (Lipinski definition) is 3. The first kappa shape index (κ1) is 12.2. The summed E-state index contributed by atoms with van der Waals surface area (Å²) in [4.78, 5) is 12.0. The van der Waals surface area contributed by atoms with Gasteiger partial charge in [-0.25, -0.2) is 4.79 Å². The van der Waals surface area contributed by atoms with Gasteiger partial charge in [0.25, 0.3) is 0 Å². The van der Waals surface area contributed by atoms with E-state index in [0.29, 0.717) is 11.4 Å². The van der Waals surface area contributed by atoms with Crippen LogP contribution in [0.1, 0.15) is 17.3 Å². The van der Waals surface area contributed by atoms with Gasteiger partial charge in [-0.1, -0.05) is 12.7 Å². The fraction of sp³-hybridized carbons (Fsp3) is 0.231. The Morgan fingerprint density at radius 1 is 1.50 bits per heavy atom. The van der Waals surface area contributed by atoms with Gasteiger partial charge >= 0.3 is 5.97 Å². The second kappa shape index (κ2) is 4.91. The number of carbonyl (C=O) groups excluding carboxylic acids is 1. The van der Waals surface area contributed by atoms with E-state index < -0.39 is 5.97 Å². The highest BCUT2D eigenvalue weighted by molar-refractivity contribution is 5.92. The molecule has 0 fully saturated rings. The topological polar surface area (TPSA) is 49.0 Å². The monoisotopic (exact) mass is 245 g/mol. The van der Waals surface area contributed by atoms with E-state index in [1.54, 1.807) is 24.7 Å². The summed E-state index contributed by atoms with van der Waals surface area (Å²) in [7, 11) is 1.78. The van der Waals surface area contributed by atoms with Crippen molar-refractivity contribution in [3.8, 4) is 5.82 Å². The maximum absolute atomic E-state index is 12.0. The Balaban J connectivity index is 2.35. The van der Waals surface area contributed by atoms with Crippen molar-refractivity contribution in [2.75, 3.05) is 0 Å². The largest absolute Gasteiger partial charge is 0.455 e. The van der Waals surface area contributed by atoms with Crippen LogP contribution < -0.4 is 0 Å². The predicted molar refractivity (Wildman–Crippen MR) is 67.6 cm³/mol. The van der Waals surface area contributed by atoms with Gasteiger partial charge in [-0.15, -0.1) is 0 Å². The summed E-state index contributed by atoms with van der Waals surface area (Å²) in [6.07, 6.45) is 6.46. The Morgan fingerprint density at radius 2 is 2.17 bits per heavy atom. The van der Waals surface area contributed by atoms with Crippen LogP contribution in [0.15, 0.2) is 43.4 Å². The normalized spacial score (nSPS) is 12.1. The molecule has 0 saturated heterocycles. The van der Waals surface area contributed by atoms with E-state index in [4.69, 9.17) is 4.74 Å². The van der Waals surface area contributed by atoms with Gasteiger partial charge in [0.05, 0.1) is 6.20 Å². The molecule has 0 aliphatic heterocycles. The summed E-state index contributed by atoms with van der Waals surface area (Å²) in [5, 5.41) is 4.10. The molecule has 2 heterocycles. The molecular formula is C13H15N3O2. The minimum atomic E-state index is -0.404. The predicted octanol–water partition coefficient (Wildman–Crippen LogP) is 1.94. The van der Waals surface area contributed by atoms with Crippen molar-refractivity contribution >= 4 is 5.97 Å². The van der Waals surface area contributed by atoms with Gasteiger partial charge in [0.1, 0.15) is 17.5 Å². The molecule has 0 N–H and O–H groups in total. The zero-order valence-corrected chi connectivity index (χ0v) is 10.4. The summed E-state index contributed by atoms with van der Waals surface area (Å²) in [6, 6.07) is 3.77. The minimum absolute atomic E-state index is 0.324. The Morgan fingerprint density at radius 3 is 2.78 bits per heavy atom. The van der Waals surface area contributed by atoms with Crippen molar-refractivity contribution in [2.45, 2.75) is 13.0 Å². The average Bonchev–Trinajstić information content (AvgIpc) is 2.97. The third-order valence-electron chi connectivity index (χ3n) is 2.60. The van der Waals surface area contributed by atoms with Crippen molar-refractivity contribution in [2.24, 2.45) is 7.05 Å². The Kier molecular flexibility index (Phi) is 3.32. The van der Waals surface area contributed by atoms with Crippen molar-refractivity contribution in [1.82, 2.24) is 14.3 Å². The number of esters is 1. The van der Waals surface area contributed by atoms with E-state index in [1.165, 1.54) is 6.20 Å². The number of aromatic nitrogens is 3. The summed E-state index contributed by atoms with van der Waals surface area (Å²) < 4.78 is 8.67. The lowest BCUT2D eigenvalue weighted by molar-refractivity contribution is 0.0425. The fourth-order valence-electron chi connectivity index (χ4n) is 1.64. The molecule has 0 bridgehead atoms. The van der Waals surface area contributed by atoms with E-state index in [9.17, 15) is 4.79 Å². The van der Waals surface area contributed by atoms with Crippen LogP contribution in [0.25, 0.3) is 5.82 Å². The van der Waals surface area contributed by atoms with Crippen LogP contribution in [-0.2, 0) is 11.8 Å². The summed E-state index contributed by atoms with van der Waals surface area (Å²) in [6.45, 7) is 5.34. The van der Waals surface area contributed by atoms with E-state index in [1.807, 2.05) is 29.1 Å². The summed E-state index contributed by atoms with van der Waals surface area (Å²) >= 11 is 0. The van der Waals surface area contributed by atoms with E-state index >= 15 is 0 Å². The molecule has 5 heteroatoms. The SMILES string of the molecule is C=CC(C)OC(=O)c1cnn(C)c1-n1cccc1. The van der Waals surface area contributed by atoms with Crippen LogP contribution in [0.5, 0.6) is 0 Å². The third-order valence-corrected chi connectivity index (χ3v) is 2.60. The summed E-state index contributed by atoms with van der Waals surface area (Å²) in [5.41, 5.74) is 0.433. The van der Waals surface area contributed by atoms with Crippen molar-refractivity contribution in [1.29, 1.82) is 0 Å². The van der Waals surface area contributed by atoms with Gasteiger partial charge in [0.15, 0.2) is 0 Å². The highest BCUT2D eigenvalue weighted by Gasteiger charge is 2.19. The first-order valence-electron chi connectivity index (χ1n) is 5.62. The molecule has 94 valence electrons. The number of carbonyl (C=O) groups is 1. The Labute approximate surface area is 105 Å². The highest BCUT2D eigenvalue weighted by Crippen LogP contribution is 2.15. The molecule has 1 unspecified atom stereocenters. The van der Waals surface area contributed by atoms with E-state index in [0.717, 1.165) is 0 Å². The first-order chi connectivity index (χ1) is 8.63. The number of ether oxygens (including phenoxy) is 1. The lowest BCUT2D eigenvalue weighted by Gasteiger charge is -2.10. The van der Waals surface area contributed by atoms with Crippen LogP contribution in [0, 0.1) is 0 Å². The highest BCUT2D eigenvalue weighted by atomic mass is 16.5. The van der Waals surface area contributed by atoms with Gasteiger partial charge in [0, 0.05) is 19.4 Å². The van der Waals surface area contributed by atoms with Crippen LogP contribution in [0.4, 0.5) is 0 Å². The van der Waals surface area contributed by atoms with E-state index in [-0.39, 0.29) is 6.10 Å². The lowest BCUT2D eigenvalue weighted by Crippen LogP contribution is -2.14. The van der Waals surface area contributed by atoms with E-state index in [2.05, 4.69) is 11.7 Å². The van der Waals surface area contributed by atoms with Crippen LogP contribution in [-0.4, -0.2) is 26.4 Å². The minimum Gasteiger partial charge on any atom is -0.455 e. The van der Waals surface area contributed by atoms with Gasteiger partial charge in [-0.05, 0) is 19.1 Å². The number of nitrogens with zero attached hydrogens (tertiary/aromatic N) is 3. The van der Waals surface area contributed by atoms with Gasteiger partial charge in [-0.2, -0.15) is 5.10 Å². The van der Waals surface area contributed by atoms with Gasteiger partial charge < -0.3 is 9.30 Å². The lowest BCUT2D eigenvalue weighted by atomic mass is 10.3. The number of rotatable bonds is 4. The van der Waals surface area contributed by atoms with Gasteiger partial charge in [0.2, 0.25) is 0 Å². The molecule has 0 radical (unpaired) electrons. The van der Waals surface area contributed by atoms with Gasteiger partial charge in [-0.3, -0.25) is 4.68 Å². The fourth-order valence-corrected chi connectivity index (χ4v) is 1.64. The van der Waals surface area contributed by atoms with Crippen LogP contribution in [0.2, 0.25) is 0 Å². The van der Waals surface area contributed by atoms with Crippen molar-refractivity contribution in [3.63, 3.8) is 0 Å². The van der Waals surface area contributed by atoms with Crippen LogP contribution in [0.3, 0.4) is 0 Å². The molecule has 18 heavy (non-hydrogen) atoms. The second-order valence-corrected chi connectivity index (χ2v) is 3.94. The maximum atomic E-state index is 12.0. The first-order valence-corrected chi connectivity index (χ1v) is 5.62. The molecule has 0 amide bonds. The molecule has 0 aliphatic rings. The molecule has 0 saturated carbocycles. The zero-order valence-electron chi connectivity index (χ0n) is 10.4. The molecule has 1 atom stereocenters. The quantitative estimate of drug-likeness (QED) is 0.611. The zero-order chi connectivity index (χ0) is 13.1. The standard InChI is InChI=1S/C13H15N3O2/c1-4-10(2)18-13(17)11-9-14-15(3)12(11)16-7-5-6-8-16/h4-10H,1H2,2-3H3. The molecule has 2 rings (SSSR count). The average molecular weight is 245 g/mol. The molecule has 0 aromatic carbocycles. The van der Waals surface area contributed by atoms with Crippen molar-refractivity contribution < 1.29 is 9.53 Å². The molecule has 2 aromatic rings. The third kappa shape index (κ3) is 2.20. The Hall–Kier alpha value is -2.30. The maximum Gasteiger partial charge on any atom is 0.344 e. The number of hydrogen-bond donors (Lipinski definition) is 0. The number of aryl methyl sites for hydroxylation is 1. The molecule has 0 aliphatic carbocycles.